The topological polar surface area (TPSA) is 62.1 Å². The van der Waals surface area contributed by atoms with E-state index in [2.05, 4.69) is 22.9 Å². The molecule has 0 radical (unpaired) electrons. The van der Waals surface area contributed by atoms with Crippen LogP contribution in [0.4, 0.5) is 0 Å². The molecule has 0 unspecified atom stereocenters. The molecule has 0 aromatic carbocycles. The van der Waals surface area contributed by atoms with Crippen molar-refractivity contribution in [2.45, 2.75) is 32.6 Å². The second-order valence-corrected chi connectivity index (χ2v) is 4.06. The lowest BCUT2D eigenvalue weighted by Gasteiger charge is -2.06. The van der Waals surface area contributed by atoms with E-state index in [1.54, 1.807) is 0 Å². The molecule has 0 bridgehead atoms. The lowest BCUT2D eigenvalue weighted by atomic mass is 10.3. The minimum Gasteiger partial charge on any atom is -0.330 e. The first kappa shape index (κ1) is 15.8. The van der Waals surface area contributed by atoms with Gasteiger partial charge in [-0.25, -0.2) is 0 Å². The van der Waals surface area contributed by atoms with Crippen LogP contribution in [-0.2, 0) is 0 Å². The minimum absolute atomic E-state index is 0.792. The highest BCUT2D eigenvalue weighted by Crippen LogP contribution is 1.85. The van der Waals surface area contributed by atoms with Crippen molar-refractivity contribution in [2.24, 2.45) is 5.73 Å². The smallest absolute Gasteiger partial charge is 0.00368 e. The van der Waals surface area contributed by atoms with E-state index in [0.29, 0.717) is 0 Å². The van der Waals surface area contributed by atoms with Gasteiger partial charge in [-0.2, -0.15) is 0 Å². The molecule has 16 heavy (non-hydrogen) atoms. The van der Waals surface area contributed by atoms with E-state index in [9.17, 15) is 0 Å². The lowest BCUT2D eigenvalue weighted by molar-refractivity contribution is 0.559. The van der Waals surface area contributed by atoms with Crippen LogP contribution in [0.25, 0.3) is 0 Å². The maximum atomic E-state index is 5.40. The molecule has 0 aliphatic heterocycles. The molecule has 0 aliphatic rings. The molecule has 0 spiro atoms. The molecule has 0 saturated carbocycles. The van der Waals surface area contributed by atoms with Gasteiger partial charge < -0.3 is 21.7 Å². The zero-order chi connectivity index (χ0) is 11.9. The Morgan fingerprint density at radius 1 is 0.688 bits per heavy atom. The number of rotatable bonds is 13. The Hall–Kier alpha value is -0.160. The highest BCUT2D eigenvalue weighted by Gasteiger charge is 1.90. The van der Waals surface area contributed by atoms with E-state index in [1.807, 2.05) is 0 Å². The van der Waals surface area contributed by atoms with Crippen LogP contribution in [0.2, 0.25) is 0 Å². The molecular formula is C12H30N4. The summed E-state index contributed by atoms with van der Waals surface area (Å²) in [6, 6.07) is 0. The van der Waals surface area contributed by atoms with Crippen molar-refractivity contribution in [1.29, 1.82) is 0 Å². The molecule has 0 heterocycles. The van der Waals surface area contributed by atoms with Gasteiger partial charge in [0, 0.05) is 0 Å². The molecule has 98 valence electrons. The predicted molar refractivity (Wildman–Crippen MR) is 71.8 cm³/mol. The zero-order valence-corrected chi connectivity index (χ0v) is 10.9. The van der Waals surface area contributed by atoms with Crippen LogP contribution < -0.4 is 21.7 Å². The van der Waals surface area contributed by atoms with E-state index in [1.165, 1.54) is 19.3 Å². The summed E-state index contributed by atoms with van der Waals surface area (Å²) in [5, 5.41) is 10.2. The molecule has 0 rings (SSSR count). The van der Waals surface area contributed by atoms with Crippen molar-refractivity contribution in [1.82, 2.24) is 16.0 Å². The Kier molecular flexibility index (Phi) is 14.7. The summed E-state index contributed by atoms with van der Waals surface area (Å²) in [6.45, 7) is 9.61. The monoisotopic (exact) mass is 230 g/mol. The fourth-order valence-electron chi connectivity index (χ4n) is 1.49. The predicted octanol–water partition coefficient (Wildman–Crippen LogP) is 0.294. The van der Waals surface area contributed by atoms with Crippen molar-refractivity contribution < 1.29 is 0 Å². The standard InChI is InChI=1S/C12H30N4/c1-2-14-11-6-12-16-9-4-3-8-15-10-5-7-13/h14-16H,2-13H2,1H3. The summed E-state index contributed by atoms with van der Waals surface area (Å²) in [6.07, 6.45) is 4.83. The fourth-order valence-corrected chi connectivity index (χ4v) is 1.49. The van der Waals surface area contributed by atoms with Gasteiger partial charge in [0.15, 0.2) is 0 Å². The fraction of sp³-hybridized carbons (Fsp3) is 1.00. The van der Waals surface area contributed by atoms with Gasteiger partial charge in [0.05, 0.1) is 0 Å². The third-order valence-electron chi connectivity index (χ3n) is 2.47. The third kappa shape index (κ3) is 13.8. The van der Waals surface area contributed by atoms with Crippen LogP contribution in [0, 0.1) is 0 Å². The van der Waals surface area contributed by atoms with Crippen LogP contribution in [0.3, 0.4) is 0 Å². The molecule has 0 aliphatic carbocycles. The Morgan fingerprint density at radius 3 is 1.75 bits per heavy atom. The quantitative estimate of drug-likeness (QED) is 0.344. The molecule has 5 N–H and O–H groups in total. The van der Waals surface area contributed by atoms with Crippen molar-refractivity contribution in [3.63, 3.8) is 0 Å². The highest BCUT2D eigenvalue weighted by molar-refractivity contribution is 4.53. The number of hydrogen-bond acceptors (Lipinski definition) is 4. The summed E-state index contributed by atoms with van der Waals surface area (Å²) >= 11 is 0. The molecular weight excluding hydrogens is 200 g/mol. The van der Waals surface area contributed by atoms with Gasteiger partial charge in [0.2, 0.25) is 0 Å². The van der Waals surface area contributed by atoms with E-state index in [4.69, 9.17) is 5.73 Å². The Labute approximate surface area is 101 Å². The van der Waals surface area contributed by atoms with Crippen molar-refractivity contribution in [3.8, 4) is 0 Å². The van der Waals surface area contributed by atoms with Crippen molar-refractivity contribution in [2.75, 3.05) is 45.8 Å². The molecule has 4 nitrogen and oxygen atoms in total. The largest absolute Gasteiger partial charge is 0.330 e. The average molecular weight is 230 g/mol. The first-order chi connectivity index (χ1) is 7.91. The van der Waals surface area contributed by atoms with Crippen LogP contribution in [0.1, 0.15) is 32.6 Å². The Balaban J connectivity index is 2.83. The number of hydrogen-bond donors (Lipinski definition) is 4. The van der Waals surface area contributed by atoms with Gasteiger partial charge in [0.25, 0.3) is 0 Å². The molecule has 0 fully saturated rings. The molecule has 0 aromatic heterocycles. The molecule has 0 aromatic rings. The van der Waals surface area contributed by atoms with Crippen LogP contribution in [0.15, 0.2) is 0 Å². The lowest BCUT2D eigenvalue weighted by Crippen LogP contribution is -2.23. The van der Waals surface area contributed by atoms with Gasteiger partial charge in [0.1, 0.15) is 0 Å². The maximum Gasteiger partial charge on any atom is -0.00368 e. The first-order valence-corrected chi connectivity index (χ1v) is 6.74. The van der Waals surface area contributed by atoms with Gasteiger partial charge >= 0.3 is 0 Å². The SMILES string of the molecule is CCNCCCNCCCCNCCCN. The Bertz CT molecular complexity index is 106. The minimum atomic E-state index is 0.792. The van der Waals surface area contributed by atoms with Gasteiger partial charge in [-0.15, -0.1) is 0 Å². The number of nitrogens with one attached hydrogen (secondary N) is 3. The van der Waals surface area contributed by atoms with Gasteiger partial charge in [-0.3, -0.25) is 0 Å². The van der Waals surface area contributed by atoms with Crippen LogP contribution in [0.5, 0.6) is 0 Å². The van der Waals surface area contributed by atoms with Crippen LogP contribution in [-0.4, -0.2) is 45.8 Å². The summed E-state index contributed by atoms with van der Waals surface area (Å²) in [7, 11) is 0. The maximum absolute atomic E-state index is 5.40. The highest BCUT2D eigenvalue weighted by atomic mass is 14.9. The molecule has 0 saturated heterocycles. The second kappa shape index (κ2) is 14.8. The number of nitrogens with two attached hydrogens (primary N) is 1. The first-order valence-electron chi connectivity index (χ1n) is 6.74. The van der Waals surface area contributed by atoms with E-state index in [-0.39, 0.29) is 0 Å². The van der Waals surface area contributed by atoms with Crippen LogP contribution >= 0.6 is 0 Å². The zero-order valence-electron chi connectivity index (χ0n) is 10.9. The summed E-state index contributed by atoms with van der Waals surface area (Å²) < 4.78 is 0. The van der Waals surface area contributed by atoms with E-state index < -0.39 is 0 Å². The average Bonchev–Trinajstić information content (AvgIpc) is 2.31. The van der Waals surface area contributed by atoms with E-state index in [0.717, 1.165) is 52.2 Å². The van der Waals surface area contributed by atoms with Gasteiger partial charge in [-0.05, 0) is 71.5 Å². The van der Waals surface area contributed by atoms with E-state index >= 15 is 0 Å². The van der Waals surface area contributed by atoms with Gasteiger partial charge in [-0.1, -0.05) is 6.92 Å². The summed E-state index contributed by atoms with van der Waals surface area (Å²) in [4.78, 5) is 0. The molecule has 4 heteroatoms. The number of unbranched alkanes of at least 4 members (excludes halogenated alkanes) is 1. The molecule has 0 amide bonds. The normalized spacial score (nSPS) is 10.9. The molecule has 0 atom stereocenters. The summed E-state index contributed by atoms with van der Waals surface area (Å²) in [5.74, 6) is 0. The van der Waals surface area contributed by atoms with Crippen molar-refractivity contribution >= 4 is 0 Å². The third-order valence-corrected chi connectivity index (χ3v) is 2.47. The second-order valence-electron chi connectivity index (χ2n) is 4.06. The summed E-state index contributed by atoms with van der Waals surface area (Å²) in [5.41, 5.74) is 5.40. The Morgan fingerprint density at radius 2 is 1.19 bits per heavy atom. The van der Waals surface area contributed by atoms with Crippen molar-refractivity contribution in [3.05, 3.63) is 0 Å².